The Kier molecular flexibility index (Phi) is 4.18. The van der Waals surface area contributed by atoms with Gasteiger partial charge in [-0.05, 0) is 30.8 Å². The van der Waals surface area contributed by atoms with Crippen LogP contribution in [0.5, 0.6) is 0 Å². The van der Waals surface area contributed by atoms with Gasteiger partial charge in [-0.3, -0.25) is 5.14 Å². The molecule has 0 fully saturated rings. The number of hydrogen-bond donors (Lipinski definition) is 1. The molecule has 1 aromatic heterocycles. The van der Waals surface area contributed by atoms with E-state index in [2.05, 4.69) is 13.0 Å². The number of methoxy groups -OCH3 is 1. The minimum absolute atomic E-state index is 0.558. The molecule has 72 valence electrons. The fourth-order valence-electron chi connectivity index (χ4n) is 1.03. The van der Waals surface area contributed by atoms with Crippen molar-refractivity contribution in [1.29, 1.82) is 0 Å². The van der Waals surface area contributed by atoms with E-state index in [4.69, 9.17) is 22.1 Å². The summed E-state index contributed by atoms with van der Waals surface area (Å²) in [6.07, 6.45) is 0. The molecule has 0 saturated carbocycles. The normalized spacial score (nSPS) is 10.1. The van der Waals surface area contributed by atoms with Crippen LogP contribution >= 0.6 is 35.5 Å². The van der Waals surface area contributed by atoms with Crippen LogP contribution in [0.15, 0.2) is 6.07 Å². The molecular weight excluding hydrogens is 222 g/mol. The third-order valence-electron chi connectivity index (χ3n) is 1.54. The van der Waals surface area contributed by atoms with E-state index >= 15 is 0 Å². The standard InChI is InChI=1S/C8H11NOS3/c1-5-3-6(4-12-9)7(13-5)8(11)10-2/h3H,4,9H2,1-2H3. The highest BCUT2D eigenvalue weighted by atomic mass is 32.2. The van der Waals surface area contributed by atoms with E-state index in [1.54, 1.807) is 18.4 Å². The van der Waals surface area contributed by atoms with E-state index in [0.29, 0.717) is 5.05 Å². The van der Waals surface area contributed by atoms with Crippen LogP contribution in [0.3, 0.4) is 0 Å². The van der Waals surface area contributed by atoms with Crippen molar-refractivity contribution >= 4 is 40.6 Å². The predicted octanol–water partition coefficient (Wildman–Crippen LogP) is 2.49. The number of ether oxygens (including phenoxy) is 1. The van der Waals surface area contributed by atoms with Crippen molar-refractivity contribution in [3.63, 3.8) is 0 Å². The van der Waals surface area contributed by atoms with E-state index in [1.165, 1.54) is 22.4 Å². The van der Waals surface area contributed by atoms with Crippen molar-refractivity contribution in [3.05, 3.63) is 21.4 Å². The molecule has 2 nitrogen and oxygen atoms in total. The Morgan fingerprint density at radius 3 is 3.00 bits per heavy atom. The van der Waals surface area contributed by atoms with Gasteiger partial charge in [-0.2, -0.15) is 0 Å². The van der Waals surface area contributed by atoms with Gasteiger partial charge in [0.2, 0.25) is 5.05 Å². The molecule has 1 rings (SSSR count). The lowest BCUT2D eigenvalue weighted by molar-refractivity contribution is 0.416. The number of aryl methyl sites for hydroxylation is 1. The largest absolute Gasteiger partial charge is 0.486 e. The number of nitrogens with two attached hydrogens (primary N) is 1. The van der Waals surface area contributed by atoms with E-state index in [1.807, 2.05) is 0 Å². The lowest BCUT2D eigenvalue weighted by Crippen LogP contribution is -1.99. The highest BCUT2D eigenvalue weighted by molar-refractivity contribution is 7.96. The molecule has 0 aliphatic carbocycles. The van der Waals surface area contributed by atoms with Crippen LogP contribution in [-0.4, -0.2) is 12.2 Å². The topological polar surface area (TPSA) is 35.2 Å². The predicted molar refractivity (Wildman–Crippen MR) is 63.2 cm³/mol. The van der Waals surface area contributed by atoms with Gasteiger partial charge in [-0.25, -0.2) is 0 Å². The summed E-state index contributed by atoms with van der Waals surface area (Å²) < 4.78 is 5.03. The summed E-state index contributed by atoms with van der Waals surface area (Å²) in [5.74, 6) is 0.781. The van der Waals surface area contributed by atoms with Crippen molar-refractivity contribution < 1.29 is 4.74 Å². The molecule has 0 bridgehead atoms. The maximum Gasteiger partial charge on any atom is 0.201 e. The lowest BCUT2D eigenvalue weighted by atomic mass is 10.3. The zero-order valence-electron chi connectivity index (χ0n) is 7.49. The molecule has 0 saturated heterocycles. The summed E-state index contributed by atoms with van der Waals surface area (Å²) in [6.45, 7) is 2.05. The third-order valence-corrected chi connectivity index (χ3v) is 3.61. The minimum Gasteiger partial charge on any atom is -0.486 e. The Labute approximate surface area is 91.6 Å². The second-order valence-corrected chi connectivity index (χ2v) is 4.76. The van der Waals surface area contributed by atoms with Crippen LogP contribution in [0.1, 0.15) is 15.3 Å². The first-order chi connectivity index (χ1) is 6.19. The third kappa shape index (κ3) is 2.67. The van der Waals surface area contributed by atoms with Crippen LogP contribution in [0.25, 0.3) is 0 Å². The summed E-state index contributed by atoms with van der Waals surface area (Å²) in [6, 6.07) is 2.10. The second-order valence-electron chi connectivity index (χ2n) is 2.51. The molecule has 5 heteroatoms. The lowest BCUT2D eigenvalue weighted by Gasteiger charge is -2.01. The van der Waals surface area contributed by atoms with Crippen LogP contribution < -0.4 is 5.14 Å². The van der Waals surface area contributed by atoms with E-state index in [9.17, 15) is 0 Å². The fourth-order valence-corrected chi connectivity index (χ4v) is 2.74. The van der Waals surface area contributed by atoms with Crippen molar-refractivity contribution in [3.8, 4) is 0 Å². The Morgan fingerprint density at radius 2 is 2.46 bits per heavy atom. The number of rotatable bonds is 3. The van der Waals surface area contributed by atoms with Gasteiger partial charge in [0, 0.05) is 10.6 Å². The van der Waals surface area contributed by atoms with Gasteiger partial charge >= 0.3 is 0 Å². The van der Waals surface area contributed by atoms with Crippen LogP contribution in [-0.2, 0) is 10.5 Å². The summed E-state index contributed by atoms with van der Waals surface area (Å²) in [4.78, 5) is 2.27. The summed E-state index contributed by atoms with van der Waals surface area (Å²) >= 11 is 8.03. The molecule has 1 aromatic rings. The molecule has 1 heterocycles. The van der Waals surface area contributed by atoms with Gasteiger partial charge in [-0.15, -0.1) is 11.3 Å². The molecule has 13 heavy (non-hydrogen) atoms. The Morgan fingerprint density at radius 1 is 1.77 bits per heavy atom. The molecule has 0 unspecified atom stereocenters. The van der Waals surface area contributed by atoms with Gasteiger partial charge in [0.15, 0.2) is 0 Å². The van der Waals surface area contributed by atoms with Gasteiger partial charge in [0.05, 0.1) is 12.0 Å². The van der Waals surface area contributed by atoms with Crippen LogP contribution in [0.4, 0.5) is 0 Å². The molecule has 0 aliphatic rings. The second kappa shape index (κ2) is 4.95. The summed E-state index contributed by atoms with van der Waals surface area (Å²) in [7, 11) is 1.59. The maximum absolute atomic E-state index is 5.42. The van der Waals surface area contributed by atoms with Crippen LogP contribution in [0.2, 0.25) is 0 Å². The Balaban J connectivity index is 2.96. The van der Waals surface area contributed by atoms with Gasteiger partial charge in [0.1, 0.15) is 0 Å². The highest BCUT2D eigenvalue weighted by Gasteiger charge is 2.11. The molecule has 0 aromatic carbocycles. The SMILES string of the molecule is COC(=S)c1sc(C)cc1CSN. The van der Waals surface area contributed by atoms with Crippen molar-refractivity contribution in [2.75, 3.05) is 7.11 Å². The van der Waals surface area contributed by atoms with E-state index < -0.39 is 0 Å². The quantitative estimate of drug-likeness (QED) is 0.642. The van der Waals surface area contributed by atoms with Gasteiger partial charge in [-0.1, -0.05) is 11.9 Å². The average Bonchev–Trinajstić information content (AvgIpc) is 2.46. The zero-order chi connectivity index (χ0) is 9.84. The average molecular weight is 233 g/mol. The smallest absolute Gasteiger partial charge is 0.201 e. The fraction of sp³-hybridized carbons (Fsp3) is 0.375. The molecular formula is C8H11NOS3. The maximum atomic E-state index is 5.42. The first-order valence-corrected chi connectivity index (χ1v) is 5.95. The molecule has 0 amide bonds. The number of thiocarbonyl (C=S) groups is 1. The molecule has 0 spiro atoms. The van der Waals surface area contributed by atoms with Crippen molar-refractivity contribution in [2.45, 2.75) is 12.7 Å². The van der Waals surface area contributed by atoms with Gasteiger partial charge in [0.25, 0.3) is 0 Å². The summed E-state index contributed by atoms with van der Waals surface area (Å²) in [5, 5.41) is 5.98. The number of hydrogen-bond acceptors (Lipinski definition) is 5. The summed E-state index contributed by atoms with van der Waals surface area (Å²) in [5.41, 5.74) is 1.17. The Hall–Kier alpha value is -0.100. The molecule has 0 radical (unpaired) electrons. The zero-order valence-corrected chi connectivity index (χ0v) is 9.94. The monoisotopic (exact) mass is 233 g/mol. The first kappa shape index (κ1) is 11.0. The minimum atomic E-state index is 0.558. The Bertz CT molecular complexity index is 308. The number of thiophene rings is 1. The van der Waals surface area contributed by atoms with Crippen LogP contribution in [0, 0.1) is 6.92 Å². The first-order valence-electron chi connectivity index (χ1n) is 3.68. The molecule has 2 N–H and O–H groups in total. The van der Waals surface area contributed by atoms with Crippen molar-refractivity contribution in [1.82, 2.24) is 0 Å². The van der Waals surface area contributed by atoms with E-state index in [0.717, 1.165) is 10.6 Å². The van der Waals surface area contributed by atoms with Gasteiger partial charge < -0.3 is 4.74 Å². The highest BCUT2D eigenvalue weighted by Crippen LogP contribution is 2.25. The van der Waals surface area contributed by atoms with Crippen molar-refractivity contribution in [2.24, 2.45) is 5.14 Å². The molecule has 0 atom stereocenters. The molecule has 0 aliphatic heterocycles. The van der Waals surface area contributed by atoms with E-state index in [-0.39, 0.29) is 0 Å².